The number of carboxylic acids is 1. The number of hydrogen-bond acceptors (Lipinski definition) is 9. The molecule has 4 aliphatic rings. The minimum absolute atomic E-state index is 0.00510. The number of aliphatic carboxylic acids is 1. The maximum atomic E-state index is 14.0. The minimum Gasteiger partial charge on any atom is -0.494 e. The summed E-state index contributed by atoms with van der Waals surface area (Å²) in [5, 5.41) is 18.1. The number of ketones is 1. The predicted octanol–water partition coefficient (Wildman–Crippen LogP) is 12.9. The molecule has 16 heteroatoms. The van der Waals surface area contributed by atoms with Crippen molar-refractivity contribution in [3.8, 4) is 17.3 Å². The van der Waals surface area contributed by atoms with E-state index in [1.807, 2.05) is 98.5 Å². The quantitative estimate of drug-likeness (QED) is 0.0832. The van der Waals surface area contributed by atoms with E-state index in [9.17, 15) is 19.2 Å². The lowest BCUT2D eigenvalue weighted by atomic mass is 9.75. The highest BCUT2D eigenvalue weighted by molar-refractivity contribution is 6.02. The van der Waals surface area contributed by atoms with E-state index < -0.39 is 17.0 Å². The molecule has 0 unspecified atom stereocenters. The first-order valence-electron chi connectivity index (χ1n) is 29.5. The summed E-state index contributed by atoms with van der Waals surface area (Å²) in [7, 11) is 9.67. The van der Waals surface area contributed by atoms with Crippen molar-refractivity contribution in [1.29, 1.82) is 0 Å². The molecule has 5 heterocycles. The van der Waals surface area contributed by atoms with E-state index in [1.54, 1.807) is 38.6 Å². The number of nitrogens with zero attached hydrogens (tertiary/aromatic N) is 8. The second kappa shape index (κ2) is 22.3. The zero-order chi connectivity index (χ0) is 58.6. The zero-order valence-corrected chi connectivity index (χ0v) is 48.8. The molecule has 4 aliphatic carbocycles. The van der Waals surface area contributed by atoms with Crippen LogP contribution in [0.1, 0.15) is 169 Å². The first kappa shape index (κ1) is 55.6. The van der Waals surface area contributed by atoms with Gasteiger partial charge in [0.2, 0.25) is 0 Å². The minimum atomic E-state index is -0.985. The number of methoxy groups -OCH3 is 1. The second-order valence-electron chi connectivity index (χ2n) is 23.6. The number of carbonyl (C=O) groups excluding carboxylic acids is 3. The molecule has 4 aromatic carbocycles. The SMILES string of the molecule is C=Cc1c(C2CCCC2)c2ccc(C(=O)NC3(c4nc5ccc(/C=C/C(=O)O)cc5n4C)CCC3)cc2n1C.COc1cnc(-c2c(C3CCCC3)c3ccc(C(=O)NC4(c5nc6ccc(/C=C/C(C)=O)cc6n5C)CCC4)cc3n2C)nc1. The first-order valence-corrected chi connectivity index (χ1v) is 29.5. The molecule has 0 aliphatic heterocycles. The van der Waals surface area contributed by atoms with E-state index in [0.717, 1.165) is 130 Å². The number of fused-ring (bicyclic) bond motifs is 4. The van der Waals surface area contributed by atoms with Gasteiger partial charge in [-0.05, 0) is 172 Å². The lowest BCUT2D eigenvalue weighted by molar-refractivity contribution is -0.131. The van der Waals surface area contributed by atoms with Gasteiger partial charge in [-0.2, -0.15) is 0 Å². The first-order chi connectivity index (χ1) is 40.6. The van der Waals surface area contributed by atoms with E-state index in [0.29, 0.717) is 34.5 Å². The van der Waals surface area contributed by atoms with Crippen LogP contribution in [-0.4, -0.2) is 74.0 Å². The third kappa shape index (κ3) is 9.98. The molecule has 9 aromatic rings. The van der Waals surface area contributed by atoms with E-state index in [-0.39, 0.29) is 17.6 Å². The molecule has 5 aromatic heterocycles. The Morgan fingerprint density at radius 1 is 0.607 bits per heavy atom. The van der Waals surface area contributed by atoms with Crippen LogP contribution in [0.25, 0.3) is 73.6 Å². The molecule has 2 amide bonds. The number of carbonyl (C=O) groups is 4. The molecule has 0 spiro atoms. The van der Waals surface area contributed by atoms with Crippen LogP contribution in [0, 0.1) is 0 Å². The summed E-state index contributed by atoms with van der Waals surface area (Å²) >= 11 is 0. The molecular weight excluding hydrogens is 1050 g/mol. The number of nitrogens with one attached hydrogen (secondary N) is 2. The van der Waals surface area contributed by atoms with E-state index in [4.69, 9.17) is 19.8 Å². The molecule has 3 N–H and O–H groups in total. The maximum absolute atomic E-state index is 14.0. The van der Waals surface area contributed by atoms with Gasteiger partial charge in [0.25, 0.3) is 11.8 Å². The van der Waals surface area contributed by atoms with Gasteiger partial charge in [0.1, 0.15) is 11.6 Å². The number of aromatic nitrogens is 8. The molecule has 0 atom stereocenters. The molecule has 16 nitrogen and oxygen atoms in total. The predicted molar refractivity (Wildman–Crippen MR) is 330 cm³/mol. The number of allylic oxidation sites excluding steroid dienone is 1. The summed E-state index contributed by atoms with van der Waals surface area (Å²) < 4.78 is 13.7. The van der Waals surface area contributed by atoms with Gasteiger partial charge in [-0.25, -0.2) is 24.7 Å². The lowest BCUT2D eigenvalue weighted by Gasteiger charge is -2.41. The summed E-state index contributed by atoms with van der Waals surface area (Å²) in [4.78, 5) is 69.2. The Morgan fingerprint density at radius 2 is 1.08 bits per heavy atom. The molecule has 13 rings (SSSR count). The Hall–Kier alpha value is -8.92. The second-order valence-corrected chi connectivity index (χ2v) is 23.6. The fraction of sp³-hybridized carbons (Fsp3) is 0.353. The number of aryl methyl sites for hydroxylation is 4. The van der Waals surface area contributed by atoms with Crippen molar-refractivity contribution in [1.82, 2.24) is 48.8 Å². The zero-order valence-electron chi connectivity index (χ0n) is 48.8. The van der Waals surface area contributed by atoms with Crippen molar-refractivity contribution < 1.29 is 29.0 Å². The average molecular weight is 1130 g/mol. The van der Waals surface area contributed by atoms with Crippen LogP contribution in [0.2, 0.25) is 0 Å². The summed E-state index contributed by atoms with van der Waals surface area (Å²) in [5.41, 5.74) is 12.3. The number of benzene rings is 4. The van der Waals surface area contributed by atoms with Crippen LogP contribution in [0.15, 0.2) is 104 Å². The Bertz CT molecular complexity index is 4170. The maximum Gasteiger partial charge on any atom is 0.328 e. The summed E-state index contributed by atoms with van der Waals surface area (Å²) in [6.45, 7) is 5.63. The Kier molecular flexibility index (Phi) is 14.8. The van der Waals surface area contributed by atoms with Crippen LogP contribution in [0.4, 0.5) is 0 Å². The molecule has 0 radical (unpaired) electrons. The largest absolute Gasteiger partial charge is 0.494 e. The van der Waals surface area contributed by atoms with Gasteiger partial charge in [0, 0.05) is 72.9 Å². The fourth-order valence-electron chi connectivity index (χ4n) is 13.9. The topological polar surface area (TPSA) is 193 Å². The van der Waals surface area contributed by atoms with Gasteiger partial charge in [-0.15, -0.1) is 0 Å². The molecule has 84 heavy (non-hydrogen) atoms. The molecule has 4 fully saturated rings. The number of imidazole rings is 2. The standard InChI is InChI=1S/C36H38N6O3.C32H34N4O3/c1-22(43)10-11-23-12-15-28-30(18-23)42(3)35(39-28)36(16-7-17-36)40-34(44)25-13-14-27-29(19-25)41(2)32(31(27)24-8-5-6-9-24)33-37-20-26(45-4)21-38-33;1-4-25-29(21-8-5-6-9-21)23-13-12-22(19-26(23)35(25)2)30(39)34-32(16-7-17-32)31-33-24-14-10-20(11-15-28(37)38)18-27(24)36(31)3/h10-15,18-21,24H,5-9,16-17H2,1-4H3,(H,40,44);4,10-15,18-19,21H,1,5-9,16-17H2,2-3H3,(H,34,39)(H,37,38)/b11-10+;15-11+. The van der Waals surface area contributed by atoms with Crippen LogP contribution >= 0.6 is 0 Å². The van der Waals surface area contributed by atoms with Gasteiger partial charge in [-0.3, -0.25) is 14.4 Å². The number of rotatable bonds is 15. The van der Waals surface area contributed by atoms with E-state index in [2.05, 4.69) is 60.1 Å². The highest BCUT2D eigenvalue weighted by Gasteiger charge is 2.45. The lowest BCUT2D eigenvalue weighted by Crippen LogP contribution is -2.52. The van der Waals surface area contributed by atoms with Crippen molar-refractivity contribution >= 4 is 85.7 Å². The van der Waals surface area contributed by atoms with Crippen molar-refractivity contribution in [3.05, 3.63) is 155 Å². The summed E-state index contributed by atoms with van der Waals surface area (Å²) in [5.74, 6) is 2.76. The number of ether oxygens (including phenoxy) is 1. The van der Waals surface area contributed by atoms with Crippen molar-refractivity contribution in [2.24, 2.45) is 28.2 Å². The molecule has 0 saturated heterocycles. The Balaban J connectivity index is 0.000000167. The van der Waals surface area contributed by atoms with E-state index >= 15 is 0 Å². The highest BCUT2D eigenvalue weighted by Crippen LogP contribution is 2.47. The molecule has 4 saturated carbocycles. The summed E-state index contributed by atoms with van der Waals surface area (Å²) in [6, 6.07) is 23.8. The smallest absolute Gasteiger partial charge is 0.328 e. The number of carboxylic acid groups (broad SMARTS) is 1. The fourth-order valence-corrected chi connectivity index (χ4v) is 13.9. The van der Waals surface area contributed by atoms with Crippen molar-refractivity contribution in [3.63, 3.8) is 0 Å². The van der Waals surface area contributed by atoms with E-state index in [1.165, 1.54) is 55.0 Å². The highest BCUT2D eigenvalue weighted by atomic mass is 16.5. The molecule has 430 valence electrons. The van der Waals surface area contributed by atoms with Gasteiger partial charge >= 0.3 is 5.97 Å². The van der Waals surface area contributed by atoms with Crippen molar-refractivity contribution in [2.75, 3.05) is 7.11 Å². The Labute approximate surface area is 488 Å². The molecule has 0 bridgehead atoms. The van der Waals surface area contributed by atoms with Gasteiger partial charge < -0.3 is 38.7 Å². The van der Waals surface area contributed by atoms with Gasteiger partial charge in [0.05, 0.1) is 58.3 Å². The van der Waals surface area contributed by atoms with Crippen molar-refractivity contribution in [2.45, 2.75) is 120 Å². The summed E-state index contributed by atoms with van der Waals surface area (Å²) in [6.07, 6.45) is 26.4. The van der Waals surface area contributed by atoms with Gasteiger partial charge in [-0.1, -0.05) is 62.6 Å². The third-order valence-corrected chi connectivity index (χ3v) is 18.6. The number of hydrogen-bond donors (Lipinski definition) is 3. The average Bonchev–Trinajstić information content (AvgIpc) is 2.47. The normalized spacial score (nSPS) is 16.8. The van der Waals surface area contributed by atoms with Crippen LogP contribution < -0.4 is 15.4 Å². The third-order valence-electron chi connectivity index (χ3n) is 18.6. The van der Waals surface area contributed by atoms with Crippen LogP contribution in [0.5, 0.6) is 5.75 Å². The number of amides is 2. The molecular formula is C68H72N10O6. The van der Waals surface area contributed by atoms with Crippen LogP contribution in [-0.2, 0) is 48.9 Å². The van der Waals surface area contributed by atoms with Gasteiger partial charge in [0.15, 0.2) is 17.4 Å². The monoisotopic (exact) mass is 1120 g/mol. The Morgan fingerprint density at radius 3 is 1.54 bits per heavy atom. The van der Waals surface area contributed by atoms with Crippen LogP contribution in [0.3, 0.4) is 0 Å².